The Morgan fingerprint density at radius 1 is 1.33 bits per heavy atom. The first kappa shape index (κ1) is 14.8. The fraction of sp³-hybridized carbons (Fsp3) is 0.176. The number of rotatable bonds is 2. The van der Waals surface area contributed by atoms with E-state index < -0.39 is 0 Å². The largest absolute Gasteiger partial charge is 0.384 e. The number of aromatic nitrogens is 1. The molecule has 2 N–H and O–H groups in total. The van der Waals surface area contributed by atoms with Gasteiger partial charge in [0, 0.05) is 23.1 Å². The molecule has 2 aromatic rings. The van der Waals surface area contributed by atoms with Gasteiger partial charge in [-0.3, -0.25) is 9.78 Å². The number of carbonyl (C=O) groups excluding carboxylic acids is 1. The molecule has 4 heteroatoms. The molecule has 0 fully saturated rings. The highest BCUT2D eigenvalue weighted by Crippen LogP contribution is 2.16. The number of aryl methyl sites for hydroxylation is 2. The van der Waals surface area contributed by atoms with Gasteiger partial charge in [0.2, 0.25) is 0 Å². The molecule has 0 saturated heterocycles. The number of anilines is 1. The van der Waals surface area contributed by atoms with E-state index in [9.17, 15) is 4.79 Å². The van der Waals surface area contributed by atoms with E-state index in [1.54, 1.807) is 31.3 Å². The molecular formula is C17H16N2O2. The van der Waals surface area contributed by atoms with E-state index in [4.69, 9.17) is 5.11 Å². The van der Waals surface area contributed by atoms with Crippen molar-refractivity contribution in [2.24, 2.45) is 0 Å². The summed E-state index contributed by atoms with van der Waals surface area (Å²) in [5, 5.41) is 11.6. The molecular weight excluding hydrogens is 264 g/mol. The lowest BCUT2D eigenvalue weighted by Crippen LogP contribution is -2.14. The topological polar surface area (TPSA) is 62.2 Å². The quantitative estimate of drug-likeness (QED) is 0.830. The first-order valence-electron chi connectivity index (χ1n) is 6.55. The number of amides is 1. The van der Waals surface area contributed by atoms with Crippen molar-refractivity contribution in [1.82, 2.24) is 4.98 Å². The standard InChI is InChI=1S/C17H16N2O2/c1-12-11-15(8-7-14(12)5-4-10-20)19-17(21)16-6-3-9-18-13(16)2/h3,6-9,11,20H,10H2,1-2H3,(H,19,21). The summed E-state index contributed by atoms with van der Waals surface area (Å²) in [5.41, 5.74) is 3.73. The van der Waals surface area contributed by atoms with Crippen molar-refractivity contribution in [2.75, 3.05) is 11.9 Å². The van der Waals surface area contributed by atoms with Gasteiger partial charge in [-0.25, -0.2) is 0 Å². The van der Waals surface area contributed by atoms with Gasteiger partial charge in [-0.05, 0) is 49.7 Å². The fourth-order valence-electron chi connectivity index (χ4n) is 1.94. The van der Waals surface area contributed by atoms with E-state index >= 15 is 0 Å². The SMILES string of the molecule is Cc1cc(NC(=O)c2cccnc2C)ccc1C#CCO. The van der Waals surface area contributed by atoms with E-state index in [1.165, 1.54) is 0 Å². The zero-order chi connectivity index (χ0) is 15.2. The van der Waals surface area contributed by atoms with Crippen molar-refractivity contribution in [3.05, 3.63) is 58.9 Å². The molecule has 4 nitrogen and oxygen atoms in total. The van der Waals surface area contributed by atoms with E-state index in [-0.39, 0.29) is 12.5 Å². The Morgan fingerprint density at radius 3 is 2.81 bits per heavy atom. The lowest BCUT2D eigenvalue weighted by Gasteiger charge is -2.08. The van der Waals surface area contributed by atoms with Gasteiger partial charge in [0.25, 0.3) is 5.91 Å². The van der Waals surface area contributed by atoms with Gasteiger partial charge < -0.3 is 10.4 Å². The van der Waals surface area contributed by atoms with Crippen molar-refractivity contribution < 1.29 is 9.90 Å². The Kier molecular flexibility index (Phi) is 4.70. The third-order valence-corrected chi connectivity index (χ3v) is 3.04. The zero-order valence-electron chi connectivity index (χ0n) is 12.0. The highest BCUT2D eigenvalue weighted by atomic mass is 16.2. The van der Waals surface area contributed by atoms with Crippen LogP contribution in [0, 0.1) is 25.7 Å². The van der Waals surface area contributed by atoms with Crippen molar-refractivity contribution in [1.29, 1.82) is 0 Å². The maximum atomic E-state index is 12.2. The summed E-state index contributed by atoms with van der Waals surface area (Å²) in [6, 6.07) is 8.94. The van der Waals surface area contributed by atoms with E-state index in [1.807, 2.05) is 19.1 Å². The number of aliphatic hydroxyl groups is 1. The Balaban J connectivity index is 2.19. The normalized spacial score (nSPS) is 9.67. The zero-order valence-corrected chi connectivity index (χ0v) is 12.0. The molecule has 0 aliphatic rings. The minimum atomic E-state index is -0.186. The molecule has 1 amide bonds. The van der Waals surface area contributed by atoms with Gasteiger partial charge >= 0.3 is 0 Å². The second-order valence-corrected chi connectivity index (χ2v) is 4.58. The number of benzene rings is 1. The van der Waals surface area contributed by atoms with E-state index in [0.717, 1.165) is 11.1 Å². The summed E-state index contributed by atoms with van der Waals surface area (Å²) in [6.45, 7) is 3.54. The third-order valence-electron chi connectivity index (χ3n) is 3.04. The summed E-state index contributed by atoms with van der Waals surface area (Å²) < 4.78 is 0. The number of pyridine rings is 1. The second kappa shape index (κ2) is 6.69. The number of carbonyl (C=O) groups is 1. The van der Waals surface area contributed by atoms with Crippen LogP contribution < -0.4 is 5.32 Å². The van der Waals surface area contributed by atoms with Crippen LogP contribution >= 0.6 is 0 Å². The molecule has 1 aromatic carbocycles. The Bertz CT molecular complexity index is 727. The average molecular weight is 280 g/mol. The van der Waals surface area contributed by atoms with E-state index in [0.29, 0.717) is 16.9 Å². The Hall–Kier alpha value is -2.64. The fourth-order valence-corrected chi connectivity index (χ4v) is 1.94. The summed E-state index contributed by atoms with van der Waals surface area (Å²) in [5.74, 6) is 5.28. The third kappa shape index (κ3) is 3.68. The summed E-state index contributed by atoms with van der Waals surface area (Å²) >= 11 is 0. The molecule has 0 aliphatic heterocycles. The second-order valence-electron chi connectivity index (χ2n) is 4.58. The molecule has 0 spiro atoms. The van der Waals surface area contributed by atoms with Gasteiger partial charge in [0.15, 0.2) is 0 Å². The lowest BCUT2D eigenvalue weighted by atomic mass is 10.1. The summed E-state index contributed by atoms with van der Waals surface area (Å²) in [7, 11) is 0. The highest BCUT2D eigenvalue weighted by molar-refractivity contribution is 6.05. The van der Waals surface area contributed by atoms with Crippen molar-refractivity contribution >= 4 is 11.6 Å². The Morgan fingerprint density at radius 2 is 2.14 bits per heavy atom. The van der Waals surface area contributed by atoms with Gasteiger partial charge in [0.1, 0.15) is 6.61 Å². The average Bonchev–Trinajstić information content (AvgIpc) is 2.47. The van der Waals surface area contributed by atoms with Crippen LogP contribution in [0.15, 0.2) is 36.5 Å². The molecule has 0 radical (unpaired) electrons. The minimum Gasteiger partial charge on any atom is -0.384 e. The summed E-state index contributed by atoms with van der Waals surface area (Å²) in [4.78, 5) is 16.3. The number of aliphatic hydroxyl groups excluding tert-OH is 1. The van der Waals surface area contributed by atoms with Crippen LogP contribution in [-0.2, 0) is 0 Å². The van der Waals surface area contributed by atoms with Crippen LogP contribution in [0.2, 0.25) is 0 Å². The van der Waals surface area contributed by atoms with Crippen LogP contribution in [0.5, 0.6) is 0 Å². The first-order valence-corrected chi connectivity index (χ1v) is 6.55. The number of nitrogens with zero attached hydrogens (tertiary/aromatic N) is 1. The van der Waals surface area contributed by atoms with Gasteiger partial charge in [-0.1, -0.05) is 11.8 Å². The van der Waals surface area contributed by atoms with Gasteiger partial charge in [-0.2, -0.15) is 0 Å². The lowest BCUT2D eigenvalue weighted by molar-refractivity contribution is 0.102. The number of nitrogens with one attached hydrogen (secondary N) is 1. The molecule has 0 unspecified atom stereocenters. The van der Waals surface area contributed by atoms with Gasteiger partial charge in [-0.15, -0.1) is 0 Å². The number of hydrogen-bond donors (Lipinski definition) is 2. The van der Waals surface area contributed by atoms with Crippen molar-refractivity contribution in [3.8, 4) is 11.8 Å². The molecule has 1 heterocycles. The van der Waals surface area contributed by atoms with Crippen LogP contribution in [0.4, 0.5) is 5.69 Å². The molecule has 0 aliphatic carbocycles. The van der Waals surface area contributed by atoms with Crippen LogP contribution in [0.3, 0.4) is 0 Å². The minimum absolute atomic E-state index is 0.168. The van der Waals surface area contributed by atoms with Crippen LogP contribution in [0.25, 0.3) is 0 Å². The molecule has 1 aromatic heterocycles. The van der Waals surface area contributed by atoms with E-state index in [2.05, 4.69) is 22.1 Å². The molecule has 0 atom stereocenters. The predicted molar refractivity (Wildman–Crippen MR) is 82.1 cm³/mol. The van der Waals surface area contributed by atoms with Crippen molar-refractivity contribution in [3.63, 3.8) is 0 Å². The van der Waals surface area contributed by atoms with Crippen LogP contribution in [0.1, 0.15) is 27.2 Å². The maximum Gasteiger partial charge on any atom is 0.257 e. The van der Waals surface area contributed by atoms with Crippen LogP contribution in [-0.4, -0.2) is 22.6 Å². The van der Waals surface area contributed by atoms with Gasteiger partial charge in [0.05, 0.1) is 5.56 Å². The Labute approximate surface area is 123 Å². The maximum absolute atomic E-state index is 12.2. The smallest absolute Gasteiger partial charge is 0.257 e. The summed E-state index contributed by atoms with van der Waals surface area (Å²) in [6.07, 6.45) is 1.66. The predicted octanol–water partition coefficient (Wildman–Crippen LogP) is 2.29. The molecule has 0 bridgehead atoms. The molecule has 2 rings (SSSR count). The molecule has 0 saturated carbocycles. The molecule has 106 valence electrons. The first-order chi connectivity index (χ1) is 10.1. The highest BCUT2D eigenvalue weighted by Gasteiger charge is 2.09. The van der Waals surface area contributed by atoms with Crippen molar-refractivity contribution in [2.45, 2.75) is 13.8 Å². The monoisotopic (exact) mass is 280 g/mol. The number of hydrogen-bond acceptors (Lipinski definition) is 3. The molecule has 21 heavy (non-hydrogen) atoms.